The molecule has 4 aromatic carbocycles. The second-order valence-electron chi connectivity index (χ2n) is 7.08. The van der Waals surface area contributed by atoms with E-state index in [2.05, 4.69) is 23.5 Å². The monoisotopic (exact) mass is 431 g/mol. The number of hydrogen-bond donors (Lipinski definition) is 1. The first kappa shape index (κ1) is 20.8. The van der Waals surface area contributed by atoms with Crippen molar-refractivity contribution >= 4 is 28.3 Å². The van der Waals surface area contributed by atoms with Crippen LogP contribution in [-0.4, -0.2) is 13.0 Å². The summed E-state index contributed by atoms with van der Waals surface area (Å²) in [6.07, 6.45) is 0. The van der Waals surface area contributed by atoms with Crippen LogP contribution in [-0.2, 0) is 13.2 Å². The number of fused-ring (bicyclic) bond motifs is 1. The molecule has 0 aromatic heterocycles. The van der Waals surface area contributed by atoms with E-state index in [9.17, 15) is 4.79 Å². The molecule has 0 unspecified atom stereocenters. The number of carbonyl (C=O) groups excluding carboxylic acids is 1. The Labute approximate surface area is 186 Å². The number of hydrogen-bond acceptors (Lipinski definition) is 3. The second kappa shape index (κ2) is 9.54. The average Bonchev–Trinajstić information content (AvgIpc) is 2.81. The molecule has 4 nitrogen and oxygen atoms in total. The smallest absolute Gasteiger partial charge is 0.251 e. The van der Waals surface area contributed by atoms with Gasteiger partial charge in [0.15, 0.2) is 11.5 Å². The minimum Gasteiger partial charge on any atom is -0.491 e. The predicted molar refractivity (Wildman–Crippen MR) is 124 cm³/mol. The fourth-order valence-electron chi connectivity index (χ4n) is 3.46. The lowest BCUT2D eigenvalue weighted by Gasteiger charge is -2.14. The maximum atomic E-state index is 12.9. The molecular weight excluding hydrogens is 410 g/mol. The summed E-state index contributed by atoms with van der Waals surface area (Å²) in [6.45, 7) is 0.749. The molecule has 0 aliphatic carbocycles. The highest BCUT2D eigenvalue weighted by Gasteiger charge is 2.16. The van der Waals surface area contributed by atoms with Crippen molar-refractivity contribution in [3.8, 4) is 11.5 Å². The Bertz CT molecular complexity index is 1200. The molecule has 0 aliphatic heterocycles. The Kier molecular flexibility index (Phi) is 6.39. The number of carbonyl (C=O) groups is 1. The number of nitrogens with one attached hydrogen (secondary N) is 1. The van der Waals surface area contributed by atoms with E-state index in [4.69, 9.17) is 21.1 Å². The molecule has 0 spiro atoms. The van der Waals surface area contributed by atoms with Gasteiger partial charge in [0.25, 0.3) is 5.91 Å². The molecule has 0 radical (unpaired) electrons. The summed E-state index contributed by atoms with van der Waals surface area (Å²) < 4.78 is 11.3. The molecular formula is C26H22ClNO3. The standard InChI is InChI=1S/C26H22ClNO3/c1-30-25-23(27)14-21(15-24(25)31-17-18-8-3-2-4-9-18)26(29)28-16-20-12-7-11-19-10-5-6-13-22(19)20/h2-15H,16-17H2,1H3,(H,28,29). The summed E-state index contributed by atoms with van der Waals surface area (Å²) in [5.74, 6) is 0.597. The van der Waals surface area contributed by atoms with E-state index in [0.717, 1.165) is 21.9 Å². The molecule has 31 heavy (non-hydrogen) atoms. The number of benzene rings is 4. The largest absolute Gasteiger partial charge is 0.491 e. The van der Waals surface area contributed by atoms with Gasteiger partial charge in [-0.15, -0.1) is 0 Å². The Morgan fingerprint density at radius 3 is 2.48 bits per heavy atom. The van der Waals surface area contributed by atoms with E-state index < -0.39 is 0 Å². The maximum Gasteiger partial charge on any atom is 0.251 e. The van der Waals surface area contributed by atoms with Crippen molar-refractivity contribution in [3.05, 3.63) is 107 Å². The second-order valence-corrected chi connectivity index (χ2v) is 7.49. The zero-order valence-corrected chi connectivity index (χ0v) is 17.9. The number of ether oxygens (including phenoxy) is 2. The van der Waals surface area contributed by atoms with Gasteiger partial charge in [0, 0.05) is 12.1 Å². The number of methoxy groups -OCH3 is 1. The van der Waals surface area contributed by atoms with Gasteiger partial charge in [-0.05, 0) is 34.0 Å². The molecule has 1 amide bonds. The van der Waals surface area contributed by atoms with Crippen molar-refractivity contribution in [3.63, 3.8) is 0 Å². The fourth-order valence-corrected chi connectivity index (χ4v) is 3.75. The summed E-state index contributed by atoms with van der Waals surface area (Å²) in [5, 5.41) is 5.55. The van der Waals surface area contributed by atoms with Crippen LogP contribution < -0.4 is 14.8 Å². The van der Waals surface area contributed by atoms with Crippen LogP contribution in [0.1, 0.15) is 21.5 Å². The third-order valence-electron chi connectivity index (χ3n) is 5.03. The Morgan fingerprint density at radius 1 is 0.935 bits per heavy atom. The lowest BCUT2D eigenvalue weighted by molar-refractivity contribution is 0.0950. The topological polar surface area (TPSA) is 47.6 Å². The minimum absolute atomic E-state index is 0.234. The zero-order chi connectivity index (χ0) is 21.6. The SMILES string of the molecule is COc1c(Cl)cc(C(=O)NCc2cccc3ccccc23)cc1OCc1ccccc1. The summed E-state index contributed by atoms with van der Waals surface area (Å²) in [5.41, 5.74) is 2.46. The molecule has 4 rings (SSSR count). The average molecular weight is 432 g/mol. The fraction of sp³-hybridized carbons (Fsp3) is 0.115. The van der Waals surface area contributed by atoms with Crippen LogP contribution in [0.4, 0.5) is 0 Å². The van der Waals surface area contributed by atoms with Crippen molar-refractivity contribution in [2.45, 2.75) is 13.2 Å². The van der Waals surface area contributed by atoms with Crippen LogP contribution in [0.25, 0.3) is 10.8 Å². The van der Waals surface area contributed by atoms with Gasteiger partial charge in [-0.3, -0.25) is 4.79 Å². The Morgan fingerprint density at radius 2 is 1.68 bits per heavy atom. The van der Waals surface area contributed by atoms with E-state index in [1.807, 2.05) is 54.6 Å². The highest BCUT2D eigenvalue weighted by Crippen LogP contribution is 2.36. The lowest BCUT2D eigenvalue weighted by atomic mass is 10.0. The molecule has 0 saturated heterocycles. The van der Waals surface area contributed by atoms with Gasteiger partial charge >= 0.3 is 0 Å². The molecule has 0 bridgehead atoms. The Balaban J connectivity index is 1.52. The van der Waals surface area contributed by atoms with Crippen molar-refractivity contribution in [2.75, 3.05) is 7.11 Å². The van der Waals surface area contributed by atoms with Crippen molar-refractivity contribution < 1.29 is 14.3 Å². The first-order chi connectivity index (χ1) is 15.2. The van der Waals surface area contributed by atoms with Crippen LogP contribution in [0.5, 0.6) is 11.5 Å². The minimum atomic E-state index is -0.234. The zero-order valence-electron chi connectivity index (χ0n) is 17.1. The van der Waals surface area contributed by atoms with Gasteiger partial charge in [-0.25, -0.2) is 0 Å². The van der Waals surface area contributed by atoms with Crippen LogP contribution in [0.3, 0.4) is 0 Å². The first-order valence-corrected chi connectivity index (χ1v) is 10.3. The van der Waals surface area contributed by atoms with E-state index in [1.165, 1.54) is 7.11 Å². The van der Waals surface area contributed by atoms with Crippen LogP contribution in [0, 0.1) is 0 Å². The molecule has 0 atom stereocenters. The van der Waals surface area contributed by atoms with Gasteiger partial charge < -0.3 is 14.8 Å². The van der Waals surface area contributed by atoms with E-state index >= 15 is 0 Å². The van der Waals surface area contributed by atoms with Crippen molar-refractivity contribution in [2.24, 2.45) is 0 Å². The predicted octanol–water partition coefficient (Wildman–Crippen LogP) is 6.01. The molecule has 0 heterocycles. The Hall–Kier alpha value is -3.50. The normalized spacial score (nSPS) is 10.6. The molecule has 0 aliphatic rings. The summed E-state index contributed by atoms with van der Waals surface area (Å²) >= 11 is 6.37. The van der Waals surface area contributed by atoms with E-state index in [1.54, 1.807) is 12.1 Å². The third kappa shape index (κ3) is 4.81. The summed E-state index contributed by atoms with van der Waals surface area (Å²) in [6, 6.07) is 27.2. The molecule has 0 saturated carbocycles. The molecule has 5 heteroatoms. The van der Waals surface area contributed by atoms with Crippen molar-refractivity contribution in [1.29, 1.82) is 0 Å². The number of rotatable bonds is 7. The summed E-state index contributed by atoms with van der Waals surface area (Å²) in [4.78, 5) is 12.9. The van der Waals surface area contributed by atoms with Gasteiger partial charge in [0.2, 0.25) is 0 Å². The molecule has 1 N–H and O–H groups in total. The highest BCUT2D eigenvalue weighted by atomic mass is 35.5. The summed E-state index contributed by atoms with van der Waals surface area (Å²) in [7, 11) is 1.52. The number of halogens is 1. The van der Waals surface area contributed by atoms with Gasteiger partial charge in [0.1, 0.15) is 6.61 Å². The first-order valence-electron chi connectivity index (χ1n) is 9.95. The highest BCUT2D eigenvalue weighted by molar-refractivity contribution is 6.32. The molecule has 4 aromatic rings. The van der Waals surface area contributed by atoms with Crippen molar-refractivity contribution in [1.82, 2.24) is 5.32 Å². The number of amides is 1. The lowest BCUT2D eigenvalue weighted by Crippen LogP contribution is -2.23. The van der Waals surface area contributed by atoms with Crippen LogP contribution in [0.2, 0.25) is 5.02 Å². The molecule has 0 fully saturated rings. The van der Waals surface area contributed by atoms with E-state index in [0.29, 0.717) is 35.2 Å². The molecule has 156 valence electrons. The third-order valence-corrected chi connectivity index (χ3v) is 5.31. The quantitative estimate of drug-likeness (QED) is 0.389. The maximum absolute atomic E-state index is 12.9. The van der Waals surface area contributed by atoms with E-state index in [-0.39, 0.29) is 5.91 Å². The van der Waals surface area contributed by atoms with Gasteiger partial charge in [-0.1, -0.05) is 84.4 Å². The van der Waals surface area contributed by atoms with Gasteiger partial charge in [-0.2, -0.15) is 0 Å². The van der Waals surface area contributed by atoms with Crippen LogP contribution in [0.15, 0.2) is 84.9 Å². The van der Waals surface area contributed by atoms with Gasteiger partial charge in [0.05, 0.1) is 12.1 Å². The van der Waals surface area contributed by atoms with Crippen LogP contribution >= 0.6 is 11.6 Å².